The molecule has 0 saturated carbocycles. The topological polar surface area (TPSA) is 41.6 Å². The minimum atomic E-state index is -0.412. The number of nitrogens with one attached hydrogen (secondary N) is 1. The number of nitrogens with zero attached hydrogens (tertiary/aromatic N) is 2. The SMILES string of the molecule is Fc1ccc(/C=C/c2nc3ncc(F)cc3[nH]2)cc1. The first-order valence-corrected chi connectivity index (χ1v) is 5.66. The van der Waals surface area contributed by atoms with Gasteiger partial charge in [0.25, 0.3) is 0 Å². The molecule has 1 N–H and O–H groups in total. The molecule has 0 atom stereocenters. The van der Waals surface area contributed by atoms with Crippen LogP contribution in [0.3, 0.4) is 0 Å². The molecule has 0 aliphatic rings. The van der Waals surface area contributed by atoms with Crippen LogP contribution >= 0.6 is 0 Å². The summed E-state index contributed by atoms with van der Waals surface area (Å²) in [7, 11) is 0. The molecule has 0 bridgehead atoms. The van der Waals surface area contributed by atoms with Crippen LogP contribution < -0.4 is 0 Å². The van der Waals surface area contributed by atoms with Crippen LogP contribution in [-0.2, 0) is 0 Å². The van der Waals surface area contributed by atoms with Gasteiger partial charge in [-0.3, -0.25) is 0 Å². The number of rotatable bonds is 2. The zero-order chi connectivity index (χ0) is 13.2. The van der Waals surface area contributed by atoms with Crippen molar-refractivity contribution in [1.82, 2.24) is 15.0 Å². The van der Waals surface area contributed by atoms with E-state index in [2.05, 4.69) is 15.0 Å². The molecule has 0 radical (unpaired) electrons. The number of imidazole rings is 1. The number of aromatic nitrogens is 3. The number of aromatic amines is 1. The highest BCUT2D eigenvalue weighted by Crippen LogP contribution is 2.12. The van der Waals surface area contributed by atoms with Crippen LogP contribution in [0, 0.1) is 11.6 Å². The molecular formula is C14H9F2N3. The number of pyridine rings is 1. The molecular weight excluding hydrogens is 248 g/mol. The lowest BCUT2D eigenvalue weighted by molar-refractivity contribution is 0.624. The molecule has 2 aromatic heterocycles. The van der Waals surface area contributed by atoms with Gasteiger partial charge in [0.1, 0.15) is 17.5 Å². The fourth-order valence-corrected chi connectivity index (χ4v) is 1.72. The van der Waals surface area contributed by atoms with Crippen molar-refractivity contribution < 1.29 is 8.78 Å². The molecule has 0 saturated heterocycles. The van der Waals surface area contributed by atoms with E-state index >= 15 is 0 Å². The normalized spacial score (nSPS) is 11.5. The maximum Gasteiger partial charge on any atom is 0.178 e. The van der Waals surface area contributed by atoms with Crippen molar-refractivity contribution in [2.24, 2.45) is 0 Å². The van der Waals surface area contributed by atoms with Gasteiger partial charge in [0.05, 0.1) is 11.7 Å². The van der Waals surface area contributed by atoms with Crippen LogP contribution in [0.15, 0.2) is 36.5 Å². The van der Waals surface area contributed by atoms with Gasteiger partial charge >= 0.3 is 0 Å². The molecule has 0 aliphatic heterocycles. The predicted molar refractivity (Wildman–Crippen MR) is 69.2 cm³/mol. The highest BCUT2D eigenvalue weighted by atomic mass is 19.1. The smallest absolute Gasteiger partial charge is 0.178 e. The Morgan fingerprint density at radius 3 is 2.58 bits per heavy atom. The number of benzene rings is 1. The Labute approximate surface area is 107 Å². The molecule has 3 aromatic rings. The van der Waals surface area contributed by atoms with Crippen molar-refractivity contribution in [2.75, 3.05) is 0 Å². The number of H-pyrrole nitrogens is 1. The van der Waals surface area contributed by atoms with E-state index in [0.29, 0.717) is 17.0 Å². The second-order valence-electron chi connectivity index (χ2n) is 4.03. The second-order valence-corrected chi connectivity index (χ2v) is 4.03. The summed E-state index contributed by atoms with van der Waals surface area (Å²) in [4.78, 5) is 11.0. The van der Waals surface area contributed by atoms with Gasteiger partial charge in [-0.05, 0) is 23.8 Å². The summed E-state index contributed by atoms with van der Waals surface area (Å²) in [6.07, 6.45) is 4.64. The summed E-state index contributed by atoms with van der Waals surface area (Å²) >= 11 is 0. The van der Waals surface area contributed by atoms with Gasteiger partial charge in [-0.2, -0.15) is 0 Å². The predicted octanol–water partition coefficient (Wildman–Crippen LogP) is 3.41. The molecule has 0 aliphatic carbocycles. The van der Waals surface area contributed by atoms with Crippen LogP contribution in [0.5, 0.6) is 0 Å². The van der Waals surface area contributed by atoms with Crippen molar-refractivity contribution in [3.05, 3.63) is 59.6 Å². The maximum absolute atomic E-state index is 13.0. The van der Waals surface area contributed by atoms with E-state index in [1.165, 1.54) is 18.2 Å². The Hall–Kier alpha value is -2.56. The van der Waals surface area contributed by atoms with Crippen LogP contribution in [-0.4, -0.2) is 15.0 Å². The van der Waals surface area contributed by atoms with Gasteiger partial charge in [-0.15, -0.1) is 0 Å². The molecule has 19 heavy (non-hydrogen) atoms. The Bertz CT molecular complexity index is 745. The first-order chi connectivity index (χ1) is 9.20. The zero-order valence-corrected chi connectivity index (χ0v) is 9.77. The summed E-state index contributed by atoms with van der Waals surface area (Å²) in [5.41, 5.74) is 1.85. The van der Waals surface area contributed by atoms with Gasteiger partial charge in [0.15, 0.2) is 5.65 Å². The van der Waals surface area contributed by atoms with E-state index in [-0.39, 0.29) is 5.82 Å². The molecule has 1 aromatic carbocycles. The van der Waals surface area contributed by atoms with Crippen LogP contribution in [0.25, 0.3) is 23.3 Å². The minimum Gasteiger partial charge on any atom is -0.337 e. The minimum absolute atomic E-state index is 0.277. The molecule has 0 spiro atoms. The van der Waals surface area contributed by atoms with Gasteiger partial charge in [0.2, 0.25) is 0 Å². The third-order valence-corrected chi connectivity index (χ3v) is 2.63. The Morgan fingerprint density at radius 1 is 1.00 bits per heavy atom. The van der Waals surface area contributed by atoms with Gasteiger partial charge < -0.3 is 4.98 Å². The Morgan fingerprint density at radius 2 is 1.79 bits per heavy atom. The summed E-state index contributed by atoms with van der Waals surface area (Å²) in [6.45, 7) is 0. The highest BCUT2D eigenvalue weighted by Gasteiger charge is 2.02. The molecule has 5 heteroatoms. The van der Waals surface area contributed by atoms with E-state index in [1.807, 2.05) is 0 Å². The largest absolute Gasteiger partial charge is 0.337 e. The molecule has 94 valence electrons. The summed E-state index contributed by atoms with van der Waals surface area (Å²) in [6, 6.07) is 7.42. The molecule has 0 amide bonds. The first-order valence-electron chi connectivity index (χ1n) is 5.66. The van der Waals surface area contributed by atoms with Crippen molar-refractivity contribution in [3.63, 3.8) is 0 Å². The Kier molecular flexibility index (Phi) is 2.79. The second kappa shape index (κ2) is 4.61. The van der Waals surface area contributed by atoms with Crippen LogP contribution in [0.2, 0.25) is 0 Å². The lowest BCUT2D eigenvalue weighted by Gasteiger charge is -1.91. The average Bonchev–Trinajstić information content (AvgIpc) is 2.80. The van der Waals surface area contributed by atoms with Gasteiger partial charge in [-0.1, -0.05) is 18.2 Å². The maximum atomic E-state index is 13.0. The standard InChI is InChI=1S/C14H9F2N3/c15-10-4-1-9(2-5-10)3-6-13-18-12-7-11(16)8-17-14(12)19-13/h1-8H,(H,17,18,19)/b6-3+. The molecule has 2 heterocycles. The van der Waals surface area contributed by atoms with Gasteiger partial charge in [-0.25, -0.2) is 18.7 Å². The van der Waals surface area contributed by atoms with E-state index in [9.17, 15) is 8.78 Å². The fourth-order valence-electron chi connectivity index (χ4n) is 1.72. The zero-order valence-electron chi connectivity index (χ0n) is 9.77. The fraction of sp³-hybridized carbons (Fsp3) is 0. The number of fused-ring (bicyclic) bond motifs is 1. The number of hydrogen-bond donors (Lipinski definition) is 1. The van der Waals surface area contributed by atoms with Crippen molar-refractivity contribution in [3.8, 4) is 0 Å². The van der Waals surface area contributed by atoms with E-state index in [4.69, 9.17) is 0 Å². The quantitative estimate of drug-likeness (QED) is 0.764. The first kappa shape index (κ1) is 11.5. The molecule has 3 nitrogen and oxygen atoms in total. The van der Waals surface area contributed by atoms with Crippen molar-refractivity contribution in [1.29, 1.82) is 0 Å². The van der Waals surface area contributed by atoms with Gasteiger partial charge in [0, 0.05) is 6.07 Å². The van der Waals surface area contributed by atoms with E-state index < -0.39 is 5.82 Å². The lowest BCUT2D eigenvalue weighted by Crippen LogP contribution is -1.78. The highest BCUT2D eigenvalue weighted by molar-refractivity contribution is 5.75. The van der Waals surface area contributed by atoms with Crippen molar-refractivity contribution >= 4 is 23.3 Å². The molecule has 3 rings (SSSR count). The number of hydrogen-bond acceptors (Lipinski definition) is 2. The summed E-state index contributed by atoms with van der Waals surface area (Å²) < 4.78 is 25.7. The van der Waals surface area contributed by atoms with Crippen molar-refractivity contribution in [2.45, 2.75) is 0 Å². The third kappa shape index (κ3) is 2.49. The summed E-state index contributed by atoms with van der Waals surface area (Å²) in [5, 5.41) is 0. The average molecular weight is 257 g/mol. The third-order valence-electron chi connectivity index (χ3n) is 2.63. The lowest BCUT2D eigenvalue weighted by atomic mass is 10.2. The van der Waals surface area contributed by atoms with E-state index in [0.717, 1.165) is 11.8 Å². The molecule has 0 fully saturated rings. The Balaban J connectivity index is 1.90. The number of halogens is 2. The summed E-state index contributed by atoms with van der Waals surface area (Å²) in [5.74, 6) is -0.122. The monoisotopic (exact) mass is 257 g/mol. The molecule has 0 unspecified atom stereocenters. The van der Waals surface area contributed by atoms with E-state index in [1.54, 1.807) is 24.3 Å². The van der Waals surface area contributed by atoms with Crippen LogP contribution in [0.4, 0.5) is 8.78 Å². The van der Waals surface area contributed by atoms with Crippen LogP contribution in [0.1, 0.15) is 11.4 Å².